The van der Waals surface area contributed by atoms with Gasteiger partial charge in [-0.15, -0.1) is 0 Å². The third-order valence-corrected chi connectivity index (χ3v) is 4.06. The van der Waals surface area contributed by atoms with Gasteiger partial charge in [0.15, 0.2) is 5.69 Å². The number of fused-ring (bicyclic) bond motifs is 1. The molecular weight excluding hydrogens is 320 g/mol. The van der Waals surface area contributed by atoms with Gasteiger partial charge in [-0.25, -0.2) is 4.79 Å². The third kappa shape index (κ3) is 2.50. The van der Waals surface area contributed by atoms with Gasteiger partial charge in [-0.1, -0.05) is 17.7 Å². The molecule has 3 aromatic rings. The summed E-state index contributed by atoms with van der Waals surface area (Å²) in [4.78, 5) is 24.6. The fourth-order valence-corrected chi connectivity index (χ4v) is 2.78. The first-order valence-corrected chi connectivity index (χ1v) is 7.41. The fraction of sp³-hybridized carbons (Fsp3) is 0.111. The lowest BCUT2D eigenvalue weighted by Crippen LogP contribution is -2.25. The Kier molecular flexibility index (Phi) is 3.73. The zero-order valence-corrected chi connectivity index (χ0v) is 13.6. The molecule has 124 valence electrons. The van der Waals surface area contributed by atoms with Crippen LogP contribution in [-0.4, -0.2) is 20.9 Å². The van der Waals surface area contributed by atoms with Gasteiger partial charge in [0.25, 0.3) is 5.56 Å². The van der Waals surface area contributed by atoms with Crippen LogP contribution < -0.4 is 11.3 Å². The van der Waals surface area contributed by atoms with E-state index in [-0.39, 0.29) is 27.7 Å². The Bertz CT molecular complexity index is 1120. The summed E-state index contributed by atoms with van der Waals surface area (Å²) in [7, 11) is 0. The molecule has 25 heavy (non-hydrogen) atoms. The minimum atomic E-state index is -1.28. The molecule has 3 N–H and O–H groups in total. The first-order chi connectivity index (χ1) is 11.8. The molecule has 0 saturated heterocycles. The Labute approximate surface area is 142 Å². The molecule has 1 heterocycles. The Balaban J connectivity index is 2.52. The van der Waals surface area contributed by atoms with Crippen molar-refractivity contribution in [2.24, 2.45) is 0 Å². The number of nitrogens with zero attached hydrogens (tertiary/aromatic N) is 3. The van der Waals surface area contributed by atoms with E-state index in [1.807, 2.05) is 13.0 Å². The van der Waals surface area contributed by atoms with Crippen molar-refractivity contribution < 1.29 is 9.90 Å². The first-order valence-electron chi connectivity index (χ1n) is 7.41. The number of nitriles is 1. The van der Waals surface area contributed by atoms with Crippen LogP contribution in [0.2, 0.25) is 0 Å². The number of carbonyl (C=O) groups is 1. The summed E-state index contributed by atoms with van der Waals surface area (Å²) >= 11 is 0. The number of aromatic nitrogens is 2. The molecular formula is C18H14N4O3. The topological polar surface area (TPSA) is 122 Å². The number of hydrogen-bond acceptors (Lipinski definition) is 5. The molecule has 0 aliphatic carbocycles. The Hall–Kier alpha value is -3.66. The van der Waals surface area contributed by atoms with E-state index in [1.165, 1.54) is 6.07 Å². The van der Waals surface area contributed by atoms with E-state index in [2.05, 4.69) is 5.10 Å². The largest absolute Gasteiger partial charge is 0.476 e. The maximum absolute atomic E-state index is 12.9. The maximum Gasteiger partial charge on any atom is 0.357 e. The molecule has 0 atom stereocenters. The minimum absolute atomic E-state index is 0.115. The van der Waals surface area contributed by atoms with Crippen LogP contribution in [0.15, 0.2) is 35.1 Å². The van der Waals surface area contributed by atoms with Crippen LogP contribution in [0.1, 0.15) is 27.2 Å². The average molecular weight is 334 g/mol. The lowest BCUT2D eigenvalue weighted by Gasteiger charge is -2.12. The molecule has 0 bridgehead atoms. The van der Waals surface area contributed by atoms with Gasteiger partial charge in [0.1, 0.15) is 6.07 Å². The molecule has 7 nitrogen and oxygen atoms in total. The molecule has 0 aliphatic heterocycles. The molecule has 0 fully saturated rings. The number of aromatic carboxylic acids is 1. The summed E-state index contributed by atoms with van der Waals surface area (Å²) in [5.74, 6) is -1.28. The SMILES string of the molecule is Cc1ccc(-n2nc(C(=O)O)c3cc(N)c(C#N)c(C)c3c2=O)cc1. The number of carboxylic acid groups (broad SMARTS) is 1. The van der Waals surface area contributed by atoms with Gasteiger partial charge in [0.2, 0.25) is 0 Å². The zero-order valence-electron chi connectivity index (χ0n) is 13.6. The standard InChI is InChI=1S/C18H14N4O3/c1-9-3-5-11(6-4-9)22-17(23)15-10(2)13(8-19)14(20)7-12(15)16(21-22)18(24)25/h3-7H,20H2,1-2H3,(H,24,25). The number of nitrogens with two attached hydrogens (primary N) is 1. The lowest BCUT2D eigenvalue weighted by molar-refractivity contribution is 0.0691. The van der Waals surface area contributed by atoms with Crippen molar-refractivity contribution in [1.29, 1.82) is 5.26 Å². The first kappa shape index (κ1) is 16.2. The number of aryl methyl sites for hydroxylation is 2. The number of carboxylic acids is 1. The van der Waals surface area contributed by atoms with Crippen molar-refractivity contribution in [2.75, 3.05) is 5.73 Å². The van der Waals surface area contributed by atoms with Gasteiger partial charge >= 0.3 is 5.97 Å². The summed E-state index contributed by atoms with van der Waals surface area (Å²) in [6, 6.07) is 10.2. The van der Waals surface area contributed by atoms with Crippen molar-refractivity contribution in [2.45, 2.75) is 13.8 Å². The van der Waals surface area contributed by atoms with Gasteiger partial charge in [0.05, 0.1) is 22.3 Å². The average Bonchev–Trinajstić information content (AvgIpc) is 2.56. The van der Waals surface area contributed by atoms with Gasteiger partial charge in [-0.05, 0) is 37.6 Å². The van der Waals surface area contributed by atoms with Gasteiger partial charge in [-0.3, -0.25) is 4.79 Å². The van der Waals surface area contributed by atoms with E-state index in [0.717, 1.165) is 10.2 Å². The van der Waals surface area contributed by atoms with E-state index in [4.69, 9.17) is 5.73 Å². The third-order valence-electron chi connectivity index (χ3n) is 4.06. The summed E-state index contributed by atoms with van der Waals surface area (Å²) in [5.41, 5.74) is 7.08. The van der Waals surface area contributed by atoms with Crippen LogP contribution in [0.5, 0.6) is 0 Å². The van der Waals surface area contributed by atoms with Gasteiger partial charge < -0.3 is 10.8 Å². The highest BCUT2D eigenvalue weighted by Crippen LogP contribution is 2.26. The number of nitrogen functional groups attached to an aromatic ring is 1. The Morgan fingerprint density at radius 3 is 2.48 bits per heavy atom. The van der Waals surface area contributed by atoms with Crippen molar-refractivity contribution in [3.8, 4) is 11.8 Å². The predicted octanol–water partition coefficient (Wildman–Crippen LogP) is 2.15. The molecule has 0 radical (unpaired) electrons. The van der Waals surface area contributed by atoms with E-state index in [0.29, 0.717) is 11.3 Å². The highest BCUT2D eigenvalue weighted by atomic mass is 16.4. The normalized spacial score (nSPS) is 10.6. The van der Waals surface area contributed by atoms with Crippen LogP contribution in [0.25, 0.3) is 16.5 Å². The molecule has 0 amide bonds. The summed E-state index contributed by atoms with van der Waals surface area (Å²) in [5, 5.41) is 23.0. The van der Waals surface area contributed by atoms with Crippen LogP contribution in [-0.2, 0) is 0 Å². The monoisotopic (exact) mass is 334 g/mol. The molecule has 2 aromatic carbocycles. The van der Waals surface area contributed by atoms with E-state index >= 15 is 0 Å². The lowest BCUT2D eigenvalue weighted by atomic mass is 9.99. The highest BCUT2D eigenvalue weighted by molar-refractivity contribution is 6.04. The second-order valence-electron chi connectivity index (χ2n) is 5.71. The van der Waals surface area contributed by atoms with E-state index in [1.54, 1.807) is 31.2 Å². The number of hydrogen-bond donors (Lipinski definition) is 2. The van der Waals surface area contributed by atoms with Gasteiger partial charge in [-0.2, -0.15) is 15.0 Å². The summed E-state index contributed by atoms with van der Waals surface area (Å²) in [6.07, 6.45) is 0. The summed E-state index contributed by atoms with van der Waals surface area (Å²) < 4.78 is 1.04. The molecule has 7 heteroatoms. The smallest absolute Gasteiger partial charge is 0.357 e. The molecule has 0 spiro atoms. The van der Waals surface area contributed by atoms with Crippen LogP contribution in [0.3, 0.4) is 0 Å². The van der Waals surface area contributed by atoms with Crippen LogP contribution >= 0.6 is 0 Å². The quantitative estimate of drug-likeness (QED) is 0.692. The van der Waals surface area contributed by atoms with Crippen molar-refractivity contribution in [3.63, 3.8) is 0 Å². The molecule has 0 aliphatic rings. The minimum Gasteiger partial charge on any atom is -0.476 e. The Morgan fingerprint density at radius 2 is 1.92 bits per heavy atom. The summed E-state index contributed by atoms with van der Waals surface area (Å²) in [6.45, 7) is 3.47. The van der Waals surface area contributed by atoms with Gasteiger partial charge in [0, 0.05) is 5.39 Å². The predicted molar refractivity (Wildman–Crippen MR) is 92.9 cm³/mol. The fourth-order valence-electron chi connectivity index (χ4n) is 2.78. The molecule has 3 rings (SSSR count). The maximum atomic E-state index is 12.9. The van der Waals surface area contributed by atoms with E-state index < -0.39 is 11.5 Å². The number of anilines is 1. The number of benzene rings is 2. The second kappa shape index (κ2) is 5.76. The molecule has 0 unspecified atom stereocenters. The number of rotatable bonds is 2. The highest BCUT2D eigenvalue weighted by Gasteiger charge is 2.21. The van der Waals surface area contributed by atoms with Crippen molar-refractivity contribution in [3.05, 3.63) is 63.1 Å². The molecule has 0 saturated carbocycles. The zero-order chi connectivity index (χ0) is 18.3. The van der Waals surface area contributed by atoms with Crippen molar-refractivity contribution >= 4 is 22.4 Å². The Morgan fingerprint density at radius 1 is 1.28 bits per heavy atom. The van der Waals surface area contributed by atoms with Crippen molar-refractivity contribution in [1.82, 2.24) is 9.78 Å². The molecule has 1 aromatic heterocycles. The van der Waals surface area contributed by atoms with Crippen LogP contribution in [0, 0.1) is 25.2 Å². The van der Waals surface area contributed by atoms with Crippen LogP contribution in [0.4, 0.5) is 5.69 Å². The second-order valence-corrected chi connectivity index (χ2v) is 5.71. The van der Waals surface area contributed by atoms with E-state index in [9.17, 15) is 20.0 Å².